The molecule has 0 aliphatic heterocycles. The minimum absolute atomic E-state index is 0.0247. The van der Waals surface area contributed by atoms with Gasteiger partial charge in [0.15, 0.2) is 0 Å². The Hall–Kier alpha value is -1.13. The molecule has 0 radical (unpaired) electrons. The van der Waals surface area contributed by atoms with Gasteiger partial charge in [0.1, 0.15) is 5.82 Å². The third kappa shape index (κ3) is 4.42. The smallest absolute Gasteiger partial charge is 0.224 e. The van der Waals surface area contributed by atoms with Crippen molar-refractivity contribution in [2.75, 3.05) is 6.54 Å². The van der Waals surface area contributed by atoms with Gasteiger partial charge in [0.25, 0.3) is 0 Å². The molecule has 5 heteroatoms. The van der Waals surface area contributed by atoms with Gasteiger partial charge in [0.2, 0.25) is 5.91 Å². The summed E-state index contributed by atoms with van der Waals surface area (Å²) in [5.41, 5.74) is 6.04. The summed E-state index contributed by atoms with van der Waals surface area (Å²) in [4.78, 5) is 12.1. The standard InChI is InChI=1S/C16H22ClFN2O/c17-13-7-4-8-14(18)12(13)9-16(21)20-15(10-19)11-5-2-1-3-6-11/h4,7-8,11,15H,1-3,5-6,9-10,19H2,(H,20,21). The molecule has 1 saturated carbocycles. The quantitative estimate of drug-likeness (QED) is 0.878. The second kappa shape index (κ2) is 7.76. The van der Waals surface area contributed by atoms with Crippen LogP contribution < -0.4 is 11.1 Å². The molecule has 116 valence electrons. The Kier molecular flexibility index (Phi) is 6.00. The van der Waals surface area contributed by atoms with E-state index in [-0.39, 0.29) is 29.0 Å². The number of halogens is 2. The van der Waals surface area contributed by atoms with Crippen LogP contribution in [-0.4, -0.2) is 18.5 Å². The molecular formula is C16H22ClFN2O. The Morgan fingerprint density at radius 2 is 2.10 bits per heavy atom. The van der Waals surface area contributed by atoms with Crippen molar-refractivity contribution in [3.05, 3.63) is 34.6 Å². The van der Waals surface area contributed by atoms with Crippen LogP contribution in [0.25, 0.3) is 0 Å². The number of rotatable bonds is 5. The minimum Gasteiger partial charge on any atom is -0.352 e. The predicted molar refractivity (Wildman–Crippen MR) is 82.7 cm³/mol. The van der Waals surface area contributed by atoms with E-state index < -0.39 is 5.82 Å². The van der Waals surface area contributed by atoms with Gasteiger partial charge in [-0.05, 0) is 30.9 Å². The van der Waals surface area contributed by atoms with Crippen molar-refractivity contribution in [1.82, 2.24) is 5.32 Å². The zero-order valence-electron chi connectivity index (χ0n) is 12.1. The fourth-order valence-electron chi connectivity index (χ4n) is 3.03. The summed E-state index contributed by atoms with van der Waals surface area (Å²) in [6, 6.07) is 4.41. The highest BCUT2D eigenvalue weighted by atomic mass is 35.5. The molecule has 0 aromatic heterocycles. The van der Waals surface area contributed by atoms with Gasteiger partial charge in [0, 0.05) is 23.2 Å². The highest BCUT2D eigenvalue weighted by Gasteiger charge is 2.24. The second-order valence-corrected chi connectivity index (χ2v) is 6.09. The van der Waals surface area contributed by atoms with Crippen molar-refractivity contribution in [2.45, 2.75) is 44.6 Å². The van der Waals surface area contributed by atoms with Crippen LogP contribution in [0.5, 0.6) is 0 Å². The predicted octanol–water partition coefficient (Wildman–Crippen LogP) is 3.05. The van der Waals surface area contributed by atoms with Crippen LogP contribution in [0.1, 0.15) is 37.7 Å². The number of nitrogens with one attached hydrogen (secondary N) is 1. The minimum atomic E-state index is -0.445. The van der Waals surface area contributed by atoms with Crippen molar-refractivity contribution < 1.29 is 9.18 Å². The number of hydrogen-bond acceptors (Lipinski definition) is 2. The third-order valence-corrected chi connectivity index (χ3v) is 4.57. The first-order valence-corrected chi connectivity index (χ1v) is 7.92. The summed E-state index contributed by atoms with van der Waals surface area (Å²) in [7, 11) is 0. The van der Waals surface area contributed by atoms with Crippen LogP contribution >= 0.6 is 11.6 Å². The van der Waals surface area contributed by atoms with Gasteiger partial charge in [-0.15, -0.1) is 0 Å². The van der Waals surface area contributed by atoms with E-state index in [4.69, 9.17) is 17.3 Å². The Morgan fingerprint density at radius 1 is 1.38 bits per heavy atom. The van der Waals surface area contributed by atoms with Gasteiger partial charge >= 0.3 is 0 Å². The van der Waals surface area contributed by atoms with Gasteiger partial charge in [-0.25, -0.2) is 4.39 Å². The fourth-order valence-corrected chi connectivity index (χ4v) is 3.26. The van der Waals surface area contributed by atoms with Crippen LogP contribution in [-0.2, 0) is 11.2 Å². The summed E-state index contributed by atoms with van der Waals surface area (Å²) in [6.07, 6.45) is 5.79. The molecule has 1 aliphatic rings. The summed E-state index contributed by atoms with van der Waals surface area (Å²) in [6.45, 7) is 0.418. The lowest BCUT2D eigenvalue weighted by Gasteiger charge is -2.30. The van der Waals surface area contributed by atoms with Gasteiger partial charge in [-0.3, -0.25) is 4.79 Å². The van der Waals surface area contributed by atoms with Crippen LogP contribution in [0.2, 0.25) is 5.02 Å². The molecule has 1 aliphatic carbocycles. The highest BCUT2D eigenvalue weighted by Crippen LogP contribution is 2.26. The lowest BCUT2D eigenvalue weighted by Crippen LogP contribution is -2.46. The second-order valence-electron chi connectivity index (χ2n) is 5.68. The Morgan fingerprint density at radius 3 is 2.71 bits per heavy atom. The number of amides is 1. The Bertz CT molecular complexity index is 469. The molecule has 1 unspecified atom stereocenters. The van der Waals surface area contributed by atoms with Crippen molar-refractivity contribution in [2.24, 2.45) is 11.7 Å². The van der Waals surface area contributed by atoms with Crippen LogP contribution in [0, 0.1) is 11.7 Å². The number of nitrogens with two attached hydrogens (primary N) is 1. The number of benzene rings is 1. The van der Waals surface area contributed by atoms with Crippen molar-refractivity contribution >= 4 is 17.5 Å². The molecule has 1 fully saturated rings. The molecule has 2 rings (SSSR count). The molecule has 1 aromatic carbocycles. The largest absolute Gasteiger partial charge is 0.352 e. The van der Waals surface area contributed by atoms with E-state index in [1.165, 1.54) is 31.4 Å². The van der Waals surface area contributed by atoms with Crippen molar-refractivity contribution in [3.8, 4) is 0 Å². The van der Waals surface area contributed by atoms with Crippen LogP contribution in [0.15, 0.2) is 18.2 Å². The maximum absolute atomic E-state index is 13.7. The summed E-state index contributed by atoms with van der Waals surface area (Å²) >= 11 is 5.95. The van der Waals surface area contributed by atoms with Gasteiger partial charge in [0.05, 0.1) is 6.42 Å². The van der Waals surface area contributed by atoms with E-state index in [1.54, 1.807) is 6.07 Å². The topological polar surface area (TPSA) is 55.1 Å². The first kappa shape index (κ1) is 16.2. The molecule has 0 spiro atoms. The molecule has 1 atom stereocenters. The van der Waals surface area contributed by atoms with E-state index in [9.17, 15) is 9.18 Å². The van der Waals surface area contributed by atoms with Gasteiger partial charge < -0.3 is 11.1 Å². The van der Waals surface area contributed by atoms with Gasteiger partial charge in [-0.1, -0.05) is 36.9 Å². The molecule has 3 nitrogen and oxygen atoms in total. The van der Waals surface area contributed by atoms with Gasteiger partial charge in [-0.2, -0.15) is 0 Å². The highest BCUT2D eigenvalue weighted by molar-refractivity contribution is 6.31. The van der Waals surface area contributed by atoms with E-state index in [1.807, 2.05) is 0 Å². The number of carbonyl (C=O) groups is 1. The van der Waals surface area contributed by atoms with E-state index in [0.717, 1.165) is 12.8 Å². The monoisotopic (exact) mass is 312 g/mol. The molecule has 1 aromatic rings. The Balaban J connectivity index is 1.96. The molecular weight excluding hydrogens is 291 g/mol. The Labute approximate surface area is 130 Å². The maximum atomic E-state index is 13.7. The molecule has 21 heavy (non-hydrogen) atoms. The summed E-state index contributed by atoms with van der Waals surface area (Å²) in [5.74, 6) is -0.230. The maximum Gasteiger partial charge on any atom is 0.224 e. The van der Waals surface area contributed by atoms with Crippen molar-refractivity contribution in [3.63, 3.8) is 0 Å². The molecule has 0 heterocycles. The molecule has 3 N–H and O–H groups in total. The lowest BCUT2D eigenvalue weighted by molar-refractivity contribution is -0.121. The van der Waals surface area contributed by atoms with E-state index in [0.29, 0.717) is 12.5 Å². The average molecular weight is 313 g/mol. The van der Waals surface area contributed by atoms with Crippen molar-refractivity contribution in [1.29, 1.82) is 0 Å². The van der Waals surface area contributed by atoms with E-state index >= 15 is 0 Å². The molecule has 1 amide bonds. The number of hydrogen-bond donors (Lipinski definition) is 2. The molecule has 0 bridgehead atoms. The summed E-state index contributed by atoms with van der Waals surface area (Å²) in [5, 5.41) is 3.23. The molecule has 0 saturated heterocycles. The van der Waals surface area contributed by atoms with Crippen LogP contribution in [0.4, 0.5) is 4.39 Å². The average Bonchev–Trinajstić information content (AvgIpc) is 2.49. The zero-order valence-corrected chi connectivity index (χ0v) is 12.8. The normalized spacial score (nSPS) is 17.5. The summed E-state index contributed by atoms with van der Waals surface area (Å²) < 4.78 is 13.7. The van der Waals surface area contributed by atoms with Crippen LogP contribution in [0.3, 0.4) is 0 Å². The fraction of sp³-hybridized carbons (Fsp3) is 0.562. The zero-order chi connectivity index (χ0) is 15.2. The number of carbonyl (C=O) groups excluding carboxylic acids is 1. The van der Waals surface area contributed by atoms with E-state index in [2.05, 4.69) is 5.32 Å². The third-order valence-electron chi connectivity index (χ3n) is 4.22. The lowest BCUT2D eigenvalue weighted by atomic mass is 9.84. The first-order valence-electron chi connectivity index (χ1n) is 7.54. The first-order chi connectivity index (χ1) is 10.1. The SMILES string of the molecule is NCC(NC(=O)Cc1c(F)cccc1Cl)C1CCCCC1.